The first-order valence-electron chi connectivity index (χ1n) is 7.69. The number of aromatic nitrogens is 1. The summed E-state index contributed by atoms with van der Waals surface area (Å²) in [4.78, 5) is 40.1. The highest BCUT2D eigenvalue weighted by molar-refractivity contribution is 5.98. The van der Waals surface area contributed by atoms with Crippen LogP contribution in [0.25, 0.3) is 10.9 Å². The molecule has 1 aromatic carbocycles. The van der Waals surface area contributed by atoms with Crippen molar-refractivity contribution in [2.75, 3.05) is 6.54 Å². The molecular formula is C17H18N4O3. The van der Waals surface area contributed by atoms with Crippen LogP contribution in [0, 0.1) is 0 Å². The first-order chi connectivity index (χ1) is 11.5. The van der Waals surface area contributed by atoms with Gasteiger partial charge in [-0.1, -0.05) is 12.1 Å². The smallest absolute Gasteiger partial charge is 0.319 e. The summed E-state index contributed by atoms with van der Waals surface area (Å²) in [5, 5.41) is 8.48. The van der Waals surface area contributed by atoms with Crippen LogP contribution in [0.2, 0.25) is 0 Å². The van der Waals surface area contributed by atoms with Gasteiger partial charge >= 0.3 is 6.03 Å². The van der Waals surface area contributed by atoms with Crippen LogP contribution in [0.5, 0.6) is 0 Å². The SMILES string of the molecule is CCNC(=O)C1=C(C)NC(=O)NC1c1c[nH]c2ccccc2c1=O. The quantitative estimate of drug-likeness (QED) is 0.683. The molecule has 0 spiro atoms. The number of fused-ring (bicyclic) bond motifs is 1. The molecule has 7 heteroatoms. The van der Waals surface area contributed by atoms with Crippen LogP contribution in [0.15, 0.2) is 46.5 Å². The van der Waals surface area contributed by atoms with E-state index in [-0.39, 0.29) is 11.3 Å². The van der Waals surface area contributed by atoms with Gasteiger partial charge in [0, 0.05) is 34.9 Å². The molecule has 3 amide bonds. The van der Waals surface area contributed by atoms with E-state index in [1.165, 1.54) is 0 Å². The van der Waals surface area contributed by atoms with Crippen molar-refractivity contribution in [3.8, 4) is 0 Å². The van der Waals surface area contributed by atoms with Gasteiger partial charge < -0.3 is 20.9 Å². The van der Waals surface area contributed by atoms with Gasteiger partial charge in [-0.25, -0.2) is 4.79 Å². The highest BCUT2D eigenvalue weighted by Gasteiger charge is 2.32. The summed E-state index contributed by atoms with van der Waals surface area (Å²) in [5.41, 5.74) is 1.57. The Hall–Kier alpha value is -3.09. The van der Waals surface area contributed by atoms with E-state index in [1.54, 1.807) is 38.2 Å². The Kier molecular flexibility index (Phi) is 4.07. The number of pyridine rings is 1. The number of para-hydroxylation sites is 1. The zero-order valence-electron chi connectivity index (χ0n) is 13.4. The minimum Gasteiger partial charge on any atom is -0.361 e. The number of H-pyrrole nitrogens is 1. The van der Waals surface area contributed by atoms with Gasteiger partial charge in [0.05, 0.1) is 11.6 Å². The molecule has 1 unspecified atom stereocenters. The largest absolute Gasteiger partial charge is 0.361 e. The Balaban J connectivity index is 2.17. The molecule has 2 aromatic rings. The number of hydrogen-bond acceptors (Lipinski definition) is 3. The lowest BCUT2D eigenvalue weighted by atomic mass is 9.94. The van der Waals surface area contributed by atoms with Crippen molar-refractivity contribution < 1.29 is 9.59 Å². The molecule has 1 atom stereocenters. The topological polar surface area (TPSA) is 103 Å². The molecule has 24 heavy (non-hydrogen) atoms. The maximum absolute atomic E-state index is 12.8. The molecule has 1 aliphatic heterocycles. The van der Waals surface area contributed by atoms with Crippen LogP contribution < -0.4 is 21.4 Å². The lowest BCUT2D eigenvalue weighted by Gasteiger charge is -2.28. The molecule has 7 nitrogen and oxygen atoms in total. The fraction of sp³-hybridized carbons (Fsp3) is 0.235. The Bertz CT molecular complexity index is 913. The van der Waals surface area contributed by atoms with Gasteiger partial charge in [0.1, 0.15) is 0 Å². The van der Waals surface area contributed by atoms with Crippen LogP contribution in [0.3, 0.4) is 0 Å². The van der Waals surface area contributed by atoms with E-state index in [4.69, 9.17) is 0 Å². The fourth-order valence-corrected chi connectivity index (χ4v) is 2.88. The van der Waals surface area contributed by atoms with E-state index in [2.05, 4.69) is 20.9 Å². The van der Waals surface area contributed by atoms with Crippen molar-refractivity contribution in [2.24, 2.45) is 0 Å². The number of carbonyl (C=O) groups is 2. The molecule has 0 bridgehead atoms. The lowest BCUT2D eigenvalue weighted by molar-refractivity contribution is -0.117. The molecule has 0 aliphatic carbocycles. The predicted molar refractivity (Wildman–Crippen MR) is 90.4 cm³/mol. The lowest BCUT2D eigenvalue weighted by Crippen LogP contribution is -2.48. The van der Waals surface area contributed by atoms with Crippen molar-refractivity contribution in [1.29, 1.82) is 0 Å². The molecule has 2 heterocycles. The van der Waals surface area contributed by atoms with Crippen molar-refractivity contribution >= 4 is 22.8 Å². The van der Waals surface area contributed by atoms with Crippen molar-refractivity contribution in [3.63, 3.8) is 0 Å². The van der Waals surface area contributed by atoms with Gasteiger partial charge in [-0.05, 0) is 26.0 Å². The highest BCUT2D eigenvalue weighted by atomic mass is 16.2. The molecule has 0 radical (unpaired) electrons. The zero-order valence-corrected chi connectivity index (χ0v) is 13.4. The number of likely N-dealkylation sites (N-methyl/N-ethyl adjacent to an activating group) is 1. The van der Waals surface area contributed by atoms with Gasteiger partial charge in [0.15, 0.2) is 5.43 Å². The number of aromatic amines is 1. The first-order valence-corrected chi connectivity index (χ1v) is 7.69. The van der Waals surface area contributed by atoms with Crippen molar-refractivity contribution in [2.45, 2.75) is 19.9 Å². The third-order valence-electron chi connectivity index (χ3n) is 3.98. The van der Waals surface area contributed by atoms with E-state index < -0.39 is 12.1 Å². The summed E-state index contributed by atoms with van der Waals surface area (Å²) >= 11 is 0. The predicted octanol–water partition coefficient (Wildman–Crippen LogP) is 1.29. The molecule has 3 rings (SSSR count). The average molecular weight is 326 g/mol. The third-order valence-corrected chi connectivity index (χ3v) is 3.98. The highest BCUT2D eigenvalue weighted by Crippen LogP contribution is 2.25. The van der Waals surface area contributed by atoms with Crippen LogP contribution in [0.4, 0.5) is 4.79 Å². The Morgan fingerprint density at radius 3 is 2.75 bits per heavy atom. The number of allylic oxidation sites excluding steroid dienone is 1. The van der Waals surface area contributed by atoms with Gasteiger partial charge in [-0.3, -0.25) is 9.59 Å². The van der Waals surface area contributed by atoms with Crippen LogP contribution in [-0.2, 0) is 4.79 Å². The Morgan fingerprint density at radius 1 is 1.25 bits per heavy atom. The van der Waals surface area contributed by atoms with E-state index in [0.29, 0.717) is 34.3 Å². The summed E-state index contributed by atoms with van der Waals surface area (Å²) in [6.45, 7) is 3.90. The Labute approximate surface area is 138 Å². The average Bonchev–Trinajstić information content (AvgIpc) is 2.55. The number of rotatable bonds is 3. The monoisotopic (exact) mass is 326 g/mol. The van der Waals surface area contributed by atoms with E-state index in [0.717, 1.165) is 0 Å². The molecule has 1 aliphatic rings. The summed E-state index contributed by atoms with van der Waals surface area (Å²) < 4.78 is 0. The van der Waals surface area contributed by atoms with Gasteiger partial charge in [-0.2, -0.15) is 0 Å². The first kappa shape index (κ1) is 15.8. The normalized spacial score (nSPS) is 17.4. The standard InChI is InChI=1S/C17H18N4O3/c1-3-18-16(23)13-9(2)20-17(24)21-14(13)11-8-19-12-7-5-4-6-10(12)15(11)22/h4-8,14H,3H2,1-2H3,(H,18,23)(H,19,22)(H2,20,21,24). The Morgan fingerprint density at radius 2 is 2.00 bits per heavy atom. The number of nitrogens with one attached hydrogen (secondary N) is 4. The van der Waals surface area contributed by atoms with Crippen molar-refractivity contribution in [3.05, 3.63) is 57.5 Å². The summed E-state index contributed by atoms with van der Waals surface area (Å²) in [5.74, 6) is -0.319. The van der Waals surface area contributed by atoms with Crippen LogP contribution >= 0.6 is 0 Å². The number of hydrogen-bond donors (Lipinski definition) is 4. The van der Waals surface area contributed by atoms with Gasteiger partial charge in [0.25, 0.3) is 5.91 Å². The fourth-order valence-electron chi connectivity index (χ4n) is 2.88. The number of amides is 3. The van der Waals surface area contributed by atoms with Crippen molar-refractivity contribution in [1.82, 2.24) is 20.9 Å². The molecule has 0 fully saturated rings. The van der Waals surface area contributed by atoms with Crippen LogP contribution in [0.1, 0.15) is 25.5 Å². The molecule has 4 N–H and O–H groups in total. The van der Waals surface area contributed by atoms with Crippen LogP contribution in [-0.4, -0.2) is 23.5 Å². The number of urea groups is 1. The molecule has 1 aromatic heterocycles. The molecule has 0 saturated heterocycles. The summed E-state index contributed by atoms with van der Waals surface area (Å²) in [7, 11) is 0. The second kappa shape index (κ2) is 6.19. The number of carbonyl (C=O) groups excluding carboxylic acids is 2. The maximum atomic E-state index is 12.8. The molecular weight excluding hydrogens is 308 g/mol. The van der Waals surface area contributed by atoms with E-state index in [9.17, 15) is 14.4 Å². The zero-order chi connectivity index (χ0) is 17.3. The van der Waals surface area contributed by atoms with E-state index in [1.807, 2.05) is 6.07 Å². The summed E-state index contributed by atoms with van der Waals surface area (Å²) in [6.07, 6.45) is 1.55. The minimum absolute atomic E-state index is 0.217. The van der Waals surface area contributed by atoms with Gasteiger partial charge in [0.2, 0.25) is 0 Å². The maximum Gasteiger partial charge on any atom is 0.319 e. The summed E-state index contributed by atoms with van der Waals surface area (Å²) in [6, 6.07) is 5.86. The molecule has 0 saturated carbocycles. The minimum atomic E-state index is -0.807. The second-order valence-electron chi connectivity index (χ2n) is 5.55. The number of benzene rings is 1. The van der Waals surface area contributed by atoms with Gasteiger partial charge in [-0.15, -0.1) is 0 Å². The third kappa shape index (κ3) is 2.64. The second-order valence-corrected chi connectivity index (χ2v) is 5.55. The van der Waals surface area contributed by atoms with E-state index >= 15 is 0 Å². The molecule has 124 valence electrons.